The van der Waals surface area contributed by atoms with Crippen molar-refractivity contribution in [3.8, 4) is 16.9 Å². The van der Waals surface area contributed by atoms with E-state index < -0.39 is 0 Å². The summed E-state index contributed by atoms with van der Waals surface area (Å²) < 4.78 is 19.1. The molecule has 3 heteroatoms. The molecule has 0 aliphatic heterocycles. The van der Waals surface area contributed by atoms with Crippen LogP contribution in [0.15, 0.2) is 43.0 Å². The Labute approximate surface area is 123 Å². The van der Waals surface area contributed by atoms with Gasteiger partial charge < -0.3 is 4.74 Å². The molecule has 0 radical (unpaired) electrons. The van der Waals surface area contributed by atoms with Crippen LogP contribution in [-0.4, -0.2) is 6.10 Å². The van der Waals surface area contributed by atoms with Crippen molar-refractivity contribution in [1.82, 2.24) is 0 Å². The highest BCUT2D eigenvalue weighted by Crippen LogP contribution is 2.34. The van der Waals surface area contributed by atoms with Gasteiger partial charge in [0.25, 0.3) is 0 Å². The average molecular weight is 291 g/mol. The molecule has 0 aliphatic rings. The number of hydrogen-bond donors (Lipinski definition) is 0. The molecule has 20 heavy (non-hydrogen) atoms. The van der Waals surface area contributed by atoms with Gasteiger partial charge in [0.15, 0.2) is 0 Å². The van der Waals surface area contributed by atoms with Gasteiger partial charge in [-0.05, 0) is 55.3 Å². The lowest BCUT2D eigenvalue weighted by Gasteiger charge is -2.14. The van der Waals surface area contributed by atoms with E-state index >= 15 is 0 Å². The minimum atomic E-state index is -0.324. The number of ether oxygens (including phenoxy) is 1. The molecule has 0 bridgehead atoms. The molecule has 0 atom stereocenters. The molecule has 0 aromatic heterocycles. The Morgan fingerprint density at radius 1 is 1.15 bits per heavy atom. The Hall–Kier alpha value is -1.80. The molecular weight excluding hydrogens is 275 g/mol. The van der Waals surface area contributed by atoms with Crippen molar-refractivity contribution in [3.63, 3.8) is 0 Å². The fourth-order valence-corrected chi connectivity index (χ4v) is 2.22. The van der Waals surface area contributed by atoms with Crippen LogP contribution in [0.4, 0.5) is 4.39 Å². The van der Waals surface area contributed by atoms with Gasteiger partial charge in [-0.25, -0.2) is 4.39 Å². The molecule has 2 aromatic rings. The highest BCUT2D eigenvalue weighted by Gasteiger charge is 2.10. The molecule has 0 saturated carbocycles. The smallest absolute Gasteiger partial charge is 0.123 e. The van der Waals surface area contributed by atoms with Crippen molar-refractivity contribution in [1.29, 1.82) is 0 Å². The molecule has 0 N–H and O–H groups in total. The Morgan fingerprint density at radius 3 is 2.55 bits per heavy atom. The topological polar surface area (TPSA) is 9.23 Å². The van der Waals surface area contributed by atoms with Gasteiger partial charge in [0.2, 0.25) is 0 Å². The van der Waals surface area contributed by atoms with E-state index in [0.717, 1.165) is 16.9 Å². The average Bonchev–Trinajstić information content (AvgIpc) is 2.41. The number of hydrogen-bond acceptors (Lipinski definition) is 1. The van der Waals surface area contributed by atoms with E-state index in [9.17, 15) is 4.39 Å². The zero-order valence-electron chi connectivity index (χ0n) is 11.5. The predicted molar refractivity (Wildman–Crippen MR) is 82.7 cm³/mol. The van der Waals surface area contributed by atoms with Crippen LogP contribution < -0.4 is 4.74 Å². The second-order valence-electron chi connectivity index (χ2n) is 4.74. The van der Waals surface area contributed by atoms with Gasteiger partial charge in [-0.2, -0.15) is 0 Å². The minimum Gasteiger partial charge on any atom is -0.491 e. The van der Waals surface area contributed by atoms with Crippen LogP contribution in [0.2, 0.25) is 5.02 Å². The largest absolute Gasteiger partial charge is 0.491 e. The van der Waals surface area contributed by atoms with Crippen LogP contribution in [0.5, 0.6) is 5.75 Å². The molecule has 2 aromatic carbocycles. The summed E-state index contributed by atoms with van der Waals surface area (Å²) in [5.41, 5.74) is 2.33. The van der Waals surface area contributed by atoms with Gasteiger partial charge in [-0.15, -0.1) is 0 Å². The summed E-state index contributed by atoms with van der Waals surface area (Å²) in [6, 6.07) is 9.93. The van der Waals surface area contributed by atoms with Crippen LogP contribution in [0.3, 0.4) is 0 Å². The van der Waals surface area contributed by atoms with Crippen molar-refractivity contribution in [2.45, 2.75) is 20.0 Å². The summed E-state index contributed by atoms with van der Waals surface area (Å²) in [6.45, 7) is 7.69. The van der Waals surface area contributed by atoms with Gasteiger partial charge in [0.1, 0.15) is 11.6 Å². The molecule has 0 saturated heterocycles. The molecule has 1 nitrogen and oxygen atoms in total. The minimum absolute atomic E-state index is 0.0698. The van der Waals surface area contributed by atoms with Crippen molar-refractivity contribution in [2.24, 2.45) is 0 Å². The van der Waals surface area contributed by atoms with Crippen LogP contribution in [0, 0.1) is 5.82 Å². The Bertz CT molecular complexity index is 635. The van der Waals surface area contributed by atoms with Crippen molar-refractivity contribution in [2.75, 3.05) is 0 Å². The van der Waals surface area contributed by atoms with Gasteiger partial charge in [0.05, 0.1) is 6.10 Å². The normalized spacial score (nSPS) is 10.7. The maximum absolute atomic E-state index is 13.5. The van der Waals surface area contributed by atoms with E-state index in [0.29, 0.717) is 10.6 Å². The molecule has 0 unspecified atom stereocenters. The molecule has 0 fully saturated rings. The first-order chi connectivity index (χ1) is 9.51. The Kier molecular flexibility index (Phi) is 4.46. The lowest BCUT2D eigenvalue weighted by atomic mass is 9.99. The van der Waals surface area contributed by atoms with Gasteiger partial charge in [-0.3, -0.25) is 0 Å². The summed E-state index contributed by atoms with van der Waals surface area (Å²) in [4.78, 5) is 0. The SMILES string of the molecule is C=Cc1ccc(OC(C)C)cc1-c1cc(F)ccc1Cl. The van der Waals surface area contributed by atoms with Crippen LogP contribution in [0.1, 0.15) is 19.4 Å². The van der Waals surface area contributed by atoms with Crippen LogP contribution >= 0.6 is 11.6 Å². The van der Waals surface area contributed by atoms with Gasteiger partial charge >= 0.3 is 0 Å². The second-order valence-corrected chi connectivity index (χ2v) is 5.15. The van der Waals surface area contributed by atoms with Crippen LogP contribution in [-0.2, 0) is 0 Å². The number of halogens is 2. The van der Waals surface area contributed by atoms with E-state index in [1.54, 1.807) is 12.1 Å². The quantitative estimate of drug-likeness (QED) is 0.714. The first-order valence-electron chi connectivity index (χ1n) is 6.40. The summed E-state index contributed by atoms with van der Waals surface area (Å²) >= 11 is 6.18. The molecular formula is C17H16ClFO. The first-order valence-corrected chi connectivity index (χ1v) is 6.77. The zero-order valence-corrected chi connectivity index (χ0v) is 12.2. The molecule has 0 spiro atoms. The molecule has 0 aliphatic carbocycles. The van der Waals surface area contributed by atoms with Crippen molar-refractivity contribution in [3.05, 3.63) is 59.4 Å². The number of benzene rings is 2. The fourth-order valence-electron chi connectivity index (χ4n) is 2.00. The van der Waals surface area contributed by atoms with E-state index in [1.807, 2.05) is 32.0 Å². The third-order valence-electron chi connectivity index (χ3n) is 2.84. The van der Waals surface area contributed by atoms with E-state index in [2.05, 4.69) is 6.58 Å². The van der Waals surface area contributed by atoms with Gasteiger partial charge in [-0.1, -0.05) is 30.3 Å². The third kappa shape index (κ3) is 3.20. The van der Waals surface area contributed by atoms with Crippen molar-refractivity contribution < 1.29 is 9.13 Å². The van der Waals surface area contributed by atoms with Crippen molar-refractivity contribution >= 4 is 17.7 Å². The molecule has 0 heterocycles. The fraction of sp³-hybridized carbons (Fsp3) is 0.176. The second kappa shape index (κ2) is 6.10. The summed E-state index contributed by atoms with van der Waals surface area (Å²) in [7, 11) is 0. The highest BCUT2D eigenvalue weighted by molar-refractivity contribution is 6.33. The monoisotopic (exact) mass is 290 g/mol. The van der Waals surface area contributed by atoms with Gasteiger partial charge in [0, 0.05) is 10.6 Å². The standard InChI is InChI=1S/C17H16ClFO/c1-4-12-5-7-14(20-11(2)3)10-15(12)16-9-13(19)6-8-17(16)18/h4-11H,1H2,2-3H3. The summed E-state index contributed by atoms with van der Waals surface area (Å²) in [5.74, 6) is 0.399. The summed E-state index contributed by atoms with van der Waals surface area (Å²) in [6.07, 6.45) is 1.79. The molecule has 2 rings (SSSR count). The predicted octanol–water partition coefficient (Wildman–Crippen LogP) is 5.58. The maximum atomic E-state index is 13.5. The number of rotatable bonds is 4. The first kappa shape index (κ1) is 14.6. The van der Waals surface area contributed by atoms with E-state index in [1.165, 1.54) is 12.1 Å². The summed E-state index contributed by atoms with van der Waals surface area (Å²) in [5, 5.41) is 0.496. The van der Waals surface area contributed by atoms with E-state index in [4.69, 9.17) is 16.3 Å². The highest BCUT2D eigenvalue weighted by atomic mass is 35.5. The Morgan fingerprint density at radius 2 is 1.90 bits per heavy atom. The van der Waals surface area contributed by atoms with Crippen LogP contribution in [0.25, 0.3) is 17.2 Å². The zero-order chi connectivity index (χ0) is 14.7. The maximum Gasteiger partial charge on any atom is 0.123 e. The van der Waals surface area contributed by atoms with E-state index in [-0.39, 0.29) is 11.9 Å². The Balaban J connectivity index is 2.58. The molecule has 104 valence electrons. The third-order valence-corrected chi connectivity index (χ3v) is 3.16. The molecule has 0 amide bonds. The lowest BCUT2D eigenvalue weighted by Crippen LogP contribution is -2.05. The lowest BCUT2D eigenvalue weighted by molar-refractivity contribution is 0.242.